The van der Waals surface area contributed by atoms with Crippen molar-refractivity contribution in [2.45, 2.75) is 39.1 Å². The lowest BCUT2D eigenvalue weighted by atomic mass is 9.84. The van der Waals surface area contributed by atoms with Gasteiger partial charge in [-0.2, -0.15) is 0 Å². The molecule has 0 aromatic rings. The number of hydrogen-bond donors (Lipinski definition) is 0. The van der Waals surface area contributed by atoms with Crippen LogP contribution in [0.2, 0.25) is 6.32 Å². The highest BCUT2D eigenvalue weighted by molar-refractivity contribution is 6.44. The first-order chi connectivity index (χ1) is 4.86. The van der Waals surface area contributed by atoms with Crippen LogP contribution < -0.4 is 0 Å². The zero-order chi connectivity index (χ0) is 7.40. The molecule has 1 unspecified atom stereocenters. The maximum Gasteiger partial charge on any atom is 0.457 e. The Kier molecular flexibility index (Phi) is 3.22. The molecule has 58 valence electrons. The SMILES string of the molecule is CCCB1OCC(CC)O1. The Bertz CT molecular complexity index is 97.6. The average Bonchev–Trinajstić information content (AvgIpc) is 2.37. The predicted octanol–water partition coefficient (Wildman–Crippen LogP) is 1.71. The Morgan fingerprint density at radius 2 is 2.30 bits per heavy atom. The van der Waals surface area contributed by atoms with Crippen molar-refractivity contribution in [3.8, 4) is 0 Å². The molecule has 1 aliphatic rings. The van der Waals surface area contributed by atoms with Gasteiger partial charge >= 0.3 is 7.12 Å². The van der Waals surface area contributed by atoms with Crippen molar-refractivity contribution in [2.24, 2.45) is 0 Å². The van der Waals surface area contributed by atoms with Crippen LogP contribution in [-0.2, 0) is 9.31 Å². The largest absolute Gasteiger partial charge is 0.457 e. The van der Waals surface area contributed by atoms with E-state index in [2.05, 4.69) is 13.8 Å². The van der Waals surface area contributed by atoms with Crippen LogP contribution in [0.1, 0.15) is 26.7 Å². The minimum Gasteiger partial charge on any atom is -0.408 e. The van der Waals surface area contributed by atoms with Crippen molar-refractivity contribution in [1.29, 1.82) is 0 Å². The summed E-state index contributed by atoms with van der Waals surface area (Å²) in [4.78, 5) is 0. The predicted molar refractivity (Wildman–Crippen MR) is 42.0 cm³/mol. The van der Waals surface area contributed by atoms with Crippen LogP contribution in [0.3, 0.4) is 0 Å². The van der Waals surface area contributed by atoms with E-state index in [1.165, 1.54) is 0 Å². The molecular formula is C7H15BO2. The first kappa shape index (κ1) is 8.09. The van der Waals surface area contributed by atoms with E-state index >= 15 is 0 Å². The molecule has 0 aromatic heterocycles. The molecule has 0 aliphatic carbocycles. The first-order valence-electron chi connectivity index (χ1n) is 4.13. The Hall–Kier alpha value is -0.0151. The molecule has 0 aromatic carbocycles. The first-order valence-corrected chi connectivity index (χ1v) is 4.13. The molecule has 0 saturated carbocycles. The van der Waals surface area contributed by atoms with E-state index in [4.69, 9.17) is 9.31 Å². The van der Waals surface area contributed by atoms with Crippen LogP contribution in [-0.4, -0.2) is 19.8 Å². The summed E-state index contributed by atoms with van der Waals surface area (Å²) < 4.78 is 10.9. The highest BCUT2D eigenvalue weighted by atomic mass is 16.6. The molecule has 1 saturated heterocycles. The fourth-order valence-electron chi connectivity index (χ4n) is 1.11. The lowest BCUT2D eigenvalue weighted by Crippen LogP contribution is -2.15. The second kappa shape index (κ2) is 3.99. The fraction of sp³-hybridized carbons (Fsp3) is 1.00. The number of rotatable bonds is 3. The van der Waals surface area contributed by atoms with E-state index in [9.17, 15) is 0 Å². The third-order valence-electron chi connectivity index (χ3n) is 1.79. The van der Waals surface area contributed by atoms with Crippen LogP contribution in [0.25, 0.3) is 0 Å². The second-order valence-electron chi connectivity index (χ2n) is 2.72. The van der Waals surface area contributed by atoms with E-state index in [0.717, 1.165) is 25.8 Å². The van der Waals surface area contributed by atoms with Crippen LogP contribution in [0.4, 0.5) is 0 Å². The summed E-state index contributed by atoms with van der Waals surface area (Å²) in [5.74, 6) is 0. The van der Waals surface area contributed by atoms with E-state index in [-0.39, 0.29) is 7.12 Å². The fourth-order valence-corrected chi connectivity index (χ4v) is 1.11. The minimum absolute atomic E-state index is 0.0925. The molecule has 1 fully saturated rings. The van der Waals surface area contributed by atoms with Crippen LogP contribution in [0.15, 0.2) is 0 Å². The van der Waals surface area contributed by atoms with E-state index in [0.29, 0.717) is 6.10 Å². The quantitative estimate of drug-likeness (QED) is 0.558. The van der Waals surface area contributed by atoms with Gasteiger partial charge in [-0.3, -0.25) is 0 Å². The molecule has 1 aliphatic heterocycles. The van der Waals surface area contributed by atoms with Crippen molar-refractivity contribution in [3.63, 3.8) is 0 Å². The molecular weight excluding hydrogens is 127 g/mol. The summed E-state index contributed by atoms with van der Waals surface area (Å²) in [5.41, 5.74) is 0. The molecule has 10 heavy (non-hydrogen) atoms. The van der Waals surface area contributed by atoms with Gasteiger partial charge in [0.2, 0.25) is 0 Å². The van der Waals surface area contributed by atoms with Crippen molar-refractivity contribution in [2.75, 3.05) is 6.61 Å². The van der Waals surface area contributed by atoms with Crippen molar-refractivity contribution in [1.82, 2.24) is 0 Å². The Morgan fingerprint density at radius 3 is 2.80 bits per heavy atom. The molecule has 1 heterocycles. The average molecular weight is 142 g/mol. The molecule has 1 rings (SSSR count). The van der Waals surface area contributed by atoms with Crippen LogP contribution in [0, 0.1) is 0 Å². The van der Waals surface area contributed by atoms with Crippen molar-refractivity contribution >= 4 is 7.12 Å². The van der Waals surface area contributed by atoms with Gasteiger partial charge in [-0.25, -0.2) is 0 Å². The molecule has 3 heteroatoms. The highest BCUT2D eigenvalue weighted by Gasteiger charge is 2.28. The third kappa shape index (κ3) is 1.99. The second-order valence-corrected chi connectivity index (χ2v) is 2.72. The lowest BCUT2D eigenvalue weighted by molar-refractivity contribution is 0.228. The normalized spacial score (nSPS) is 25.8. The summed E-state index contributed by atoms with van der Waals surface area (Å²) in [6, 6.07) is 0. The van der Waals surface area contributed by atoms with Gasteiger partial charge in [0.1, 0.15) is 0 Å². The zero-order valence-corrected chi connectivity index (χ0v) is 6.80. The smallest absolute Gasteiger partial charge is 0.408 e. The van der Waals surface area contributed by atoms with Gasteiger partial charge in [0, 0.05) is 0 Å². The monoisotopic (exact) mass is 142 g/mol. The Balaban J connectivity index is 2.15. The lowest BCUT2D eigenvalue weighted by Gasteiger charge is -2.04. The molecule has 0 N–H and O–H groups in total. The van der Waals surface area contributed by atoms with Gasteiger partial charge < -0.3 is 9.31 Å². The summed E-state index contributed by atoms with van der Waals surface area (Å²) in [6.07, 6.45) is 3.61. The Labute approximate surface area is 63.0 Å². The molecule has 1 atom stereocenters. The van der Waals surface area contributed by atoms with Gasteiger partial charge in [-0.15, -0.1) is 0 Å². The van der Waals surface area contributed by atoms with E-state index in [1.807, 2.05) is 0 Å². The van der Waals surface area contributed by atoms with Gasteiger partial charge in [-0.05, 0) is 12.7 Å². The molecule has 0 amide bonds. The van der Waals surface area contributed by atoms with Gasteiger partial charge in [-0.1, -0.05) is 20.3 Å². The van der Waals surface area contributed by atoms with E-state index in [1.54, 1.807) is 0 Å². The Morgan fingerprint density at radius 1 is 1.50 bits per heavy atom. The summed E-state index contributed by atoms with van der Waals surface area (Å²) in [5, 5.41) is 0. The summed E-state index contributed by atoms with van der Waals surface area (Å²) >= 11 is 0. The van der Waals surface area contributed by atoms with Crippen LogP contribution >= 0.6 is 0 Å². The van der Waals surface area contributed by atoms with Crippen molar-refractivity contribution in [3.05, 3.63) is 0 Å². The number of hydrogen-bond acceptors (Lipinski definition) is 2. The zero-order valence-electron chi connectivity index (χ0n) is 6.80. The maximum atomic E-state index is 5.53. The topological polar surface area (TPSA) is 18.5 Å². The summed E-state index contributed by atoms with van der Waals surface area (Å²) in [6.45, 7) is 5.06. The maximum absolute atomic E-state index is 5.53. The molecule has 2 nitrogen and oxygen atoms in total. The van der Waals surface area contributed by atoms with Crippen molar-refractivity contribution < 1.29 is 9.31 Å². The molecule has 0 spiro atoms. The summed E-state index contributed by atoms with van der Waals surface area (Å²) in [7, 11) is 0.0925. The van der Waals surface area contributed by atoms with Gasteiger partial charge in [0.15, 0.2) is 0 Å². The standard InChI is InChI=1S/C7H15BO2/c1-3-5-8-9-6-7(4-2)10-8/h7H,3-6H2,1-2H3. The minimum atomic E-state index is 0.0925. The third-order valence-corrected chi connectivity index (χ3v) is 1.79. The molecule has 0 bridgehead atoms. The van der Waals surface area contributed by atoms with Gasteiger partial charge in [0.05, 0.1) is 12.7 Å². The van der Waals surface area contributed by atoms with E-state index < -0.39 is 0 Å². The highest BCUT2D eigenvalue weighted by Crippen LogP contribution is 2.14. The van der Waals surface area contributed by atoms with Crippen LogP contribution in [0.5, 0.6) is 0 Å². The molecule has 0 radical (unpaired) electrons. The van der Waals surface area contributed by atoms with Gasteiger partial charge in [0.25, 0.3) is 0 Å².